The molecule has 0 amide bonds. The highest BCUT2D eigenvalue weighted by molar-refractivity contribution is 6.03. The normalized spacial score (nSPS) is 10.6. The fourth-order valence-electron chi connectivity index (χ4n) is 2.01. The maximum atomic E-state index is 11.1. The molecule has 0 radical (unpaired) electrons. The van der Waals surface area contributed by atoms with Gasteiger partial charge in [0.15, 0.2) is 6.29 Å². The highest BCUT2D eigenvalue weighted by Gasteiger charge is 2.09. The van der Waals surface area contributed by atoms with Gasteiger partial charge in [-0.05, 0) is 12.5 Å². The molecule has 0 spiro atoms. The first-order valence-corrected chi connectivity index (χ1v) is 6.16. The average molecular weight is 230 g/mol. The smallest absolute Gasteiger partial charge is 0.154 e. The van der Waals surface area contributed by atoms with Crippen molar-refractivity contribution in [3.05, 3.63) is 29.8 Å². The van der Waals surface area contributed by atoms with Gasteiger partial charge < -0.3 is 10.3 Å². The molecule has 0 aliphatic heterocycles. The molecule has 17 heavy (non-hydrogen) atoms. The molecule has 0 aliphatic rings. The van der Waals surface area contributed by atoms with Crippen molar-refractivity contribution < 1.29 is 4.79 Å². The second kappa shape index (κ2) is 5.53. The first-order chi connectivity index (χ1) is 8.36. The second-order valence-electron chi connectivity index (χ2n) is 4.21. The lowest BCUT2D eigenvalue weighted by atomic mass is 10.2. The summed E-state index contributed by atoms with van der Waals surface area (Å²) in [6, 6.07) is 7.87. The number of aromatic nitrogens is 1. The molecule has 0 unspecified atom stereocenters. The highest BCUT2D eigenvalue weighted by atomic mass is 16.1. The summed E-state index contributed by atoms with van der Waals surface area (Å²) in [5.74, 6) is 0.845. The van der Waals surface area contributed by atoms with Gasteiger partial charge in [0.1, 0.15) is 5.82 Å². The molecule has 0 aliphatic carbocycles. The van der Waals surface area contributed by atoms with Gasteiger partial charge in [-0.3, -0.25) is 4.79 Å². The third-order valence-corrected chi connectivity index (χ3v) is 2.95. The lowest BCUT2D eigenvalue weighted by Crippen LogP contribution is -2.03. The quantitative estimate of drug-likeness (QED) is 0.588. The molecule has 0 saturated heterocycles. The van der Waals surface area contributed by atoms with Crippen molar-refractivity contribution in [1.82, 2.24) is 4.98 Å². The van der Waals surface area contributed by atoms with Gasteiger partial charge in [-0.25, -0.2) is 0 Å². The van der Waals surface area contributed by atoms with E-state index in [0.717, 1.165) is 41.5 Å². The van der Waals surface area contributed by atoms with E-state index < -0.39 is 0 Å². The van der Waals surface area contributed by atoms with Crippen LogP contribution in [-0.2, 0) is 0 Å². The number of anilines is 1. The predicted octanol–water partition coefficient (Wildman–Crippen LogP) is 3.58. The molecule has 2 rings (SSSR count). The standard InChI is InChI=1S/C14H18N2O/c1-2-3-6-9-15-14-12(10-17)11-7-4-5-8-13(11)16-14/h4-5,7-8,10,15-16H,2-3,6,9H2,1H3. The molecule has 1 aromatic carbocycles. The van der Waals surface area contributed by atoms with Crippen LogP contribution < -0.4 is 5.32 Å². The zero-order valence-electron chi connectivity index (χ0n) is 10.1. The second-order valence-corrected chi connectivity index (χ2v) is 4.21. The van der Waals surface area contributed by atoms with E-state index in [4.69, 9.17) is 0 Å². The molecule has 0 saturated carbocycles. The number of benzene rings is 1. The van der Waals surface area contributed by atoms with Gasteiger partial charge in [0.05, 0.1) is 5.56 Å². The number of carbonyl (C=O) groups is 1. The summed E-state index contributed by atoms with van der Waals surface area (Å²) >= 11 is 0. The van der Waals surface area contributed by atoms with Gasteiger partial charge >= 0.3 is 0 Å². The minimum atomic E-state index is 0.733. The van der Waals surface area contributed by atoms with Crippen LogP contribution in [-0.4, -0.2) is 17.8 Å². The summed E-state index contributed by atoms with van der Waals surface area (Å²) in [5.41, 5.74) is 1.74. The van der Waals surface area contributed by atoms with Gasteiger partial charge in [-0.2, -0.15) is 0 Å². The largest absolute Gasteiger partial charge is 0.371 e. The van der Waals surface area contributed by atoms with Crippen LogP contribution in [0.25, 0.3) is 10.9 Å². The number of nitrogens with one attached hydrogen (secondary N) is 2. The van der Waals surface area contributed by atoms with Crippen molar-refractivity contribution >= 4 is 23.0 Å². The van der Waals surface area contributed by atoms with Gasteiger partial charge in [0.2, 0.25) is 0 Å². The number of aldehydes is 1. The van der Waals surface area contributed by atoms with Crippen molar-refractivity contribution in [2.75, 3.05) is 11.9 Å². The van der Waals surface area contributed by atoms with Crippen LogP contribution in [0.3, 0.4) is 0 Å². The summed E-state index contributed by atoms with van der Waals surface area (Å²) < 4.78 is 0. The minimum absolute atomic E-state index is 0.733. The Kier molecular flexibility index (Phi) is 3.81. The van der Waals surface area contributed by atoms with Crippen molar-refractivity contribution in [1.29, 1.82) is 0 Å². The summed E-state index contributed by atoms with van der Waals surface area (Å²) in [5, 5.41) is 4.29. The van der Waals surface area contributed by atoms with Crippen molar-refractivity contribution in [2.24, 2.45) is 0 Å². The number of H-pyrrole nitrogens is 1. The SMILES string of the molecule is CCCCCNc1[nH]c2ccccc2c1C=O. The molecule has 1 heterocycles. The molecule has 2 aromatic rings. The molecular formula is C14H18N2O. The summed E-state index contributed by atoms with van der Waals surface area (Å²) in [6.45, 7) is 3.08. The van der Waals surface area contributed by atoms with E-state index in [1.807, 2.05) is 24.3 Å². The number of rotatable bonds is 6. The Morgan fingerprint density at radius 2 is 2.12 bits per heavy atom. The van der Waals surface area contributed by atoms with Crippen LogP contribution in [0.5, 0.6) is 0 Å². The fraction of sp³-hybridized carbons (Fsp3) is 0.357. The molecule has 0 fully saturated rings. The Balaban J connectivity index is 2.18. The lowest BCUT2D eigenvalue weighted by Gasteiger charge is -2.03. The van der Waals surface area contributed by atoms with E-state index in [1.165, 1.54) is 12.8 Å². The van der Waals surface area contributed by atoms with E-state index in [-0.39, 0.29) is 0 Å². The number of para-hydroxylation sites is 1. The van der Waals surface area contributed by atoms with E-state index in [1.54, 1.807) is 0 Å². The molecule has 3 nitrogen and oxygen atoms in total. The minimum Gasteiger partial charge on any atom is -0.371 e. The van der Waals surface area contributed by atoms with Crippen LogP contribution in [0.1, 0.15) is 36.5 Å². The van der Waals surface area contributed by atoms with Crippen molar-refractivity contribution in [2.45, 2.75) is 26.2 Å². The number of fused-ring (bicyclic) bond motifs is 1. The monoisotopic (exact) mass is 230 g/mol. The van der Waals surface area contributed by atoms with E-state index in [0.29, 0.717) is 0 Å². The van der Waals surface area contributed by atoms with Crippen LogP contribution >= 0.6 is 0 Å². The van der Waals surface area contributed by atoms with Crippen LogP contribution in [0.15, 0.2) is 24.3 Å². The highest BCUT2D eigenvalue weighted by Crippen LogP contribution is 2.24. The van der Waals surface area contributed by atoms with Crippen molar-refractivity contribution in [3.8, 4) is 0 Å². The Morgan fingerprint density at radius 3 is 2.88 bits per heavy atom. The van der Waals surface area contributed by atoms with Gasteiger partial charge in [-0.15, -0.1) is 0 Å². The number of aromatic amines is 1. The van der Waals surface area contributed by atoms with E-state index in [9.17, 15) is 4.79 Å². The van der Waals surface area contributed by atoms with Crippen LogP contribution in [0.2, 0.25) is 0 Å². The number of carbonyl (C=O) groups excluding carboxylic acids is 1. The van der Waals surface area contributed by atoms with Gasteiger partial charge in [0.25, 0.3) is 0 Å². The molecule has 1 aromatic heterocycles. The third kappa shape index (κ3) is 2.49. The third-order valence-electron chi connectivity index (χ3n) is 2.95. The molecule has 0 bridgehead atoms. The Morgan fingerprint density at radius 1 is 1.29 bits per heavy atom. The summed E-state index contributed by atoms with van der Waals surface area (Å²) in [7, 11) is 0. The number of unbranched alkanes of at least 4 members (excludes halogenated alkanes) is 2. The Bertz CT molecular complexity index is 502. The lowest BCUT2D eigenvalue weighted by molar-refractivity contribution is 0.112. The first-order valence-electron chi connectivity index (χ1n) is 6.16. The zero-order valence-corrected chi connectivity index (χ0v) is 10.1. The molecule has 0 atom stereocenters. The first kappa shape index (κ1) is 11.7. The summed E-state index contributed by atoms with van der Waals surface area (Å²) in [6.07, 6.45) is 4.46. The maximum absolute atomic E-state index is 11.1. The zero-order chi connectivity index (χ0) is 12.1. The Hall–Kier alpha value is -1.77. The molecule has 3 heteroatoms. The number of hydrogen-bond acceptors (Lipinski definition) is 2. The molecule has 90 valence electrons. The van der Waals surface area contributed by atoms with Gasteiger partial charge in [0, 0.05) is 17.4 Å². The molecule has 2 N–H and O–H groups in total. The van der Waals surface area contributed by atoms with Gasteiger partial charge in [-0.1, -0.05) is 38.0 Å². The predicted molar refractivity (Wildman–Crippen MR) is 71.7 cm³/mol. The van der Waals surface area contributed by atoms with Crippen LogP contribution in [0.4, 0.5) is 5.82 Å². The average Bonchev–Trinajstić information content (AvgIpc) is 2.72. The maximum Gasteiger partial charge on any atom is 0.154 e. The van der Waals surface area contributed by atoms with Crippen molar-refractivity contribution in [3.63, 3.8) is 0 Å². The van der Waals surface area contributed by atoms with Crippen LogP contribution in [0, 0.1) is 0 Å². The Labute approximate surface area is 101 Å². The summed E-state index contributed by atoms with van der Waals surface area (Å²) in [4.78, 5) is 14.4. The fourth-order valence-corrected chi connectivity index (χ4v) is 2.01. The van der Waals surface area contributed by atoms with E-state index in [2.05, 4.69) is 17.2 Å². The van der Waals surface area contributed by atoms with E-state index >= 15 is 0 Å². The molecular weight excluding hydrogens is 212 g/mol. The number of hydrogen-bond donors (Lipinski definition) is 2. The topological polar surface area (TPSA) is 44.9 Å².